The van der Waals surface area contributed by atoms with E-state index < -0.39 is 0 Å². The molecule has 1 amide bonds. The van der Waals surface area contributed by atoms with E-state index in [0.29, 0.717) is 6.54 Å². The molecule has 0 saturated heterocycles. The van der Waals surface area contributed by atoms with Crippen LogP contribution in [0, 0.1) is 5.92 Å². The first-order valence-electron chi connectivity index (χ1n) is 5.52. The van der Waals surface area contributed by atoms with E-state index in [4.69, 9.17) is 0 Å². The molecule has 0 spiro atoms. The fourth-order valence-electron chi connectivity index (χ4n) is 0.989. The molecular formula is C13H21NO. The van der Waals surface area contributed by atoms with Crippen LogP contribution in [0.1, 0.15) is 33.3 Å². The molecule has 1 rings (SSSR count). The molecule has 0 aromatic heterocycles. The zero-order valence-electron chi connectivity index (χ0n) is 10.1. The molecule has 2 nitrogen and oxygen atoms in total. The maximum absolute atomic E-state index is 11.2. The Bertz CT molecular complexity index is 267. The molecule has 1 N–H and O–H groups in total. The minimum atomic E-state index is 0.0590. The Morgan fingerprint density at radius 2 is 1.73 bits per heavy atom. The zero-order valence-corrected chi connectivity index (χ0v) is 10.1. The van der Waals surface area contributed by atoms with Crippen molar-refractivity contribution in [2.75, 3.05) is 0 Å². The van der Waals surface area contributed by atoms with Gasteiger partial charge in [-0.25, -0.2) is 0 Å². The zero-order chi connectivity index (χ0) is 11.7. The molecule has 0 unspecified atom stereocenters. The van der Waals surface area contributed by atoms with Crippen LogP contribution in [-0.4, -0.2) is 5.91 Å². The third-order valence-electron chi connectivity index (χ3n) is 1.83. The highest BCUT2D eigenvalue weighted by Gasteiger charge is 2.04. The summed E-state index contributed by atoms with van der Waals surface area (Å²) in [5, 5.41) is 2.86. The first-order valence-corrected chi connectivity index (χ1v) is 5.52. The second kappa shape index (κ2) is 8.04. The molecule has 84 valence electrons. The Morgan fingerprint density at radius 3 is 2.20 bits per heavy atom. The topological polar surface area (TPSA) is 29.1 Å². The molecule has 0 atom stereocenters. The predicted molar refractivity (Wildman–Crippen MR) is 64.5 cm³/mol. The highest BCUT2D eigenvalue weighted by Crippen LogP contribution is 1.98. The van der Waals surface area contributed by atoms with Gasteiger partial charge in [0.05, 0.1) is 0 Å². The summed E-state index contributed by atoms with van der Waals surface area (Å²) in [5.41, 5.74) is 1.14. The maximum Gasteiger partial charge on any atom is 0.222 e. The van der Waals surface area contributed by atoms with Gasteiger partial charge in [0.1, 0.15) is 0 Å². The molecule has 0 radical (unpaired) electrons. The standard InChI is InChI=1S/C11H15NO.C2H6/c1-9(2)11(13)12-8-10-6-4-3-5-7-10;1-2/h3-7,9H,8H2,1-2H3,(H,12,13);1-2H3. The van der Waals surface area contributed by atoms with E-state index in [9.17, 15) is 4.79 Å². The predicted octanol–water partition coefficient (Wildman–Crippen LogP) is 2.99. The van der Waals surface area contributed by atoms with E-state index >= 15 is 0 Å². The van der Waals surface area contributed by atoms with Gasteiger partial charge in [0.25, 0.3) is 0 Å². The Morgan fingerprint density at radius 1 is 1.20 bits per heavy atom. The third kappa shape index (κ3) is 5.89. The number of benzene rings is 1. The van der Waals surface area contributed by atoms with Crippen LogP contribution in [0.3, 0.4) is 0 Å². The van der Waals surface area contributed by atoms with Crippen LogP contribution in [-0.2, 0) is 11.3 Å². The van der Waals surface area contributed by atoms with Gasteiger partial charge in [-0.3, -0.25) is 4.79 Å². The van der Waals surface area contributed by atoms with Crippen molar-refractivity contribution >= 4 is 5.91 Å². The summed E-state index contributed by atoms with van der Waals surface area (Å²) < 4.78 is 0. The van der Waals surface area contributed by atoms with Gasteiger partial charge in [-0.05, 0) is 5.56 Å². The summed E-state index contributed by atoms with van der Waals surface area (Å²) in [6, 6.07) is 9.91. The monoisotopic (exact) mass is 207 g/mol. The van der Waals surface area contributed by atoms with Gasteiger partial charge in [-0.2, -0.15) is 0 Å². The number of rotatable bonds is 3. The van der Waals surface area contributed by atoms with Crippen LogP contribution in [0.5, 0.6) is 0 Å². The summed E-state index contributed by atoms with van der Waals surface area (Å²) in [6.45, 7) is 8.40. The minimum absolute atomic E-state index is 0.0590. The van der Waals surface area contributed by atoms with Gasteiger partial charge in [-0.1, -0.05) is 58.0 Å². The van der Waals surface area contributed by atoms with Crippen molar-refractivity contribution in [2.24, 2.45) is 5.92 Å². The molecule has 15 heavy (non-hydrogen) atoms. The van der Waals surface area contributed by atoms with Crippen molar-refractivity contribution in [2.45, 2.75) is 34.2 Å². The van der Waals surface area contributed by atoms with Crippen LogP contribution >= 0.6 is 0 Å². The van der Waals surface area contributed by atoms with Gasteiger partial charge in [0, 0.05) is 12.5 Å². The second-order valence-electron chi connectivity index (χ2n) is 3.36. The highest BCUT2D eigenvalue weighted by molar-refractivity contribution is 5.77. The molecule has 0 fully saturated rings. The number of carbonyl (C=O) groups excluding carboxylic acids is 1. The van der Waals surface area contributed by atoms with Crippen molar-refractivity contribution in [3.8, 4) is 0 Å². The summed E-state index contributed by atoms with van der Waals surface area (Å²) in [6.07, 6.45) is 0. The van der Waals surface area contributed by atoms with Crippen molar-refractivity contribution in [3.63, 3.8) is 0 Å². The molecule has 0 aliphatic carbocycles. The van der Waals surface area contributed by atoms with Gasteiger partial charge >= 0.3 is 0 Å². The number of amides is 1. The second-order valence-corrected chi connectivity index (χ2v) is 3.36. The lowest BCUT2D eigenvalue weighted by molar-refractivity contribution is -0.124. The average molecular weight is 207 g/mol. The fourth-order valence-corrected chi connectivity index (χ4v) is 0.989. The van der Waals surface area contributed by atoms with Crippen molar-refractivity contribution in [1.82, 2.24) is 5.32 Å². The summed E-state index contributed by atoms with van der Waals surface area (Å²) in [4.78, 5) is 11.2. The highest BCUT2D eigenvalue weighted by atomic mass is 16.1. The van der Waals surface area contributed by atoms with E-state index in [2.05, 4.69) is 5.32 Å². The van der Waals surface area contributed by atoms with Crippen molar-refractivity contribution in [3.05, 3.63) is 35.9 Å². The number of carbonyl (C=O) groups is 1. The third-order valence-corrected chi connectivity index (χ3v) is 1.83. The largest absolute Gasteiger partial charge is 0.352 e. The lowest BCUT2D eigenvalue weighted by atomic mass is 10.2. The first kappa shape index (κ1) is 13.7. The first-order chi connectivity index (χ1) is 7.20. The summed E-state index contributed by atoms with van der Waals surface area (Å²) in [5.74, 6) is 0.160. The lowest BCUT2D eigenvalue weighted by Gasteiger charge is -2.06. The average Bonchev–Trinajstić information content (AvgIpc) is 2.30. The molecule has 2 heteroatoms. The van der Waals surface area contributed by atoms with Gasteiger partial charge in [0.15, 0.2) is 0 Å². The Labute approximate surface area is 92.7 Å². The van der Waals surface area contributed by atoms with E-state index in [0.717, 1.165) is 5.56 Å². The quantitative estimate of drug-likeness (QED) is 0.811. The van der Waals surface area contributed by atoms with Crippen LogP contribution in [0.4, 0.5) is 0 Å². The van der Waals surface area contributed by atoms with E-state index in [1.807, 2.05) is 58.0 Å². The fraction of sp³-hybridized carbons (Fsp3) is 0.462. The minimum Gasteiger partial charge on any atom is -0.352 e. The van der Waals surface area contributed by atoms with Crippen LogP contribution in [0.2, 0.25) is 0 Å². The Balaban J connectivity index is 0.000000921. The summed E-state index contributed by atoms with van der Waals surface area (Å²) >= 11 is 0. The van der Waals surface area contributed by atoms with Crippen molar-refractivity contribution < 1.29 is 4.79 Å². The molecule has 0 saturated carbocycles. The number of hydrogen-bond acceptors (Lipinski definition) is 1. The lowest BCUT2D eigenvalue weighted by Crippen LogP contribution is -2.26. The Hall–Kier alpha value is -1.31. The molecule has 1 aromatic rings. The maximum atomic E-state index is 11.2. The normalized spacial score (nSPS) is 9.13. The molecule has 0 aliphatic heterocycles. The van der Waals surface area contributed by atoms with E-state index in [1.165, 1.54) is 0 Å². The van der Waals surface area contributed by atoms with E-state index in [-0.39, 0.29) is 11.8 Å². The van der Waals surface area contributed by atoms with Crippen LogP contribution in [0.15, 0.2) is 30.3 Å². The SMILES string of the molecule is CC.CC(C)C(=O)NCc1ccccc1. The van der Waals surface area contributed by atoms with Gasteiger partial charge < -0.3 is 5.32 Å². The van der Waals surface area contributed by atoms with Gasteiger partial charge in [-0.15, -0.1) is 0 Å². The van der Waals surface area contributed by atoms with Gasteiger partial charge in [0.2, 0.25) is 5.91 Å². The summed E-state index contributed by atoms with van der Waals surface area (Å²) in [7, 11) is 0. The molecular weight excluding hydrogens is 186 g/mol. The number of hydrogen-bond donors (Lipinski definition) is 1. The van der Waals surface area contributed by atoms with Crippen LogP contribution < -0.4 is 5.32 Å². The number of nitrogens with one attached hydrogen (secondary N) is 1. The molecule has 0 heterocycles. The Kier molecular flexibility index (Phi) is 7.33. The molecule has 0 bridgehead atoms. The van der Waals surface area contributed by atoms with Crippen LogP contribution in [0.25, 0.3) is 0 Å². The van der Waals surface area contributed by atoms with E-state index in [1.54, 1.807) is 0 Å². The molecule has 1 aromatic carbocycles. The molecule has 0 aliphatic rings. The smallest absolute Gasteiger partial charge is 0.222 e. The van der Waals surface area contributed by atoms with Crippen molar-refractivity contribution in [1.29, 1.82) is 0 Å².